The molecule has 0 saturated heterocycles. The molecule has 4 aromatic rings. The van der Waals surface area contributed by atoms with Crippen molar-refractivity contribution >= 4 is 11.0 Å². The van der Waals surface area contributed by atoms with E-state index in [-0.39, 0.29) is 10.8 Å². The van der Waals surface area contributed by atoms with Crippen LogP contribution in [0.4, 0.5) is 0 Å². The van der Waals surface area contributed by atoms with E-state index in [0.717, 1.165) is 33.5 Å². The monoisotopic (exact) mass is 394 g/mol. The molecule has 0 bridgehead atoms. The van der Waals surface area contributed by atoms with Crippen LogP contribution in [0.25, 0.3) is 33.5 Å². The summed E-state index contributed by atoms with van der Waals surface area (Å²) in [6.07, 6.45) is 0. The smallest absolute Gasteiger partial charge is 0.0973 e. The summed E-state index contributed by atoms with van der Waals surface area (Å²) in [5, 5.41) is 0. The third-order valence-electron chi connectivity index (χ3n) is 5.53. The van der Waals surface area contributed by atoms with E-state index in [2.05, 4.69) is 102 Å². The van der Waals surface area contributed by atoms with Gasteiger partial charge in [-0.1, -0.05) is 114 Å². The van der Waals surface area contributed by atoms with E-state index >= 15 is 0 Å². The van der Waals surface area contributed by atoms with Crippen LogP contribution in [0.2, 0.25) is 0 Å². The maximum atomic E-state index is 5.30. The zero-order valence-corrected chi connectivity index (χ0v) is 18.8. The van der Waals surface area contributed by atoms with Crippen molar-refractivity contribution in [2.75, 3.05) is 0 Å². The number of fused-ring (bicyclic) bond motifs is 1. The third-order valence-corrected chi connectivity index (χ3v) is 5.53. The maximum Gasteiger partial charge on any atom is 0.0973 e. The summed E-state index contributed by atoms with van der Waals surface area (Å²) < 4.78 is 0. The van der Waals surface area contributed by atoms with E-state index in [1.807, 2.05) is 12.1 Å². The second kappa shape index (κ2) is 7.36. The van der Waals surface area contributed by atoms with Crippen molar-refractivity contribution in [1.82, 2.24) is 9.97 Å². The molecule has 2 nitrogen and oxygen atoms in total. The molecule has 0 radical (unpaired) electrons. The normalized spacial score (nSPS) is 12.3. The van der Waals surface area contributed by atoms with Crippen molar-refractivity contribution in [3.63, 3.8) is 0 Å². The molecule has 0 aliphatic heterocycles. The van der Waals surface area contributed by atoms with E-state index in [1.54, 1.807) is 0 Å². The van der Waals surface area contributed by atoms with Crippen molar-refractivity contribution in [1.29, 1.82) is 0 Å². The standard InChI is InChI=1S/C28H30N2/c1-27(2,3)21-17-18-22(28(4,5)6)26-25(21)29-23(19-13-9-7-10-14-19)24(30-26)20-15-11-8-12-16-20/h7-18H,1-6H3. The second-order valence-electron chi connectivity index (χ2n) is 10.0. The Bertz CT molecular complexity index is 1080. The van der Waals surface area contributed by atoms with Crippen molar-refractivity contribution in [2.24, 2.45) is 0 Å². The summed E-state index contributed by atoms with van der Waals surface area (Å²) in [7, 11) is 0. The average molecular weight is 395 g/mol. The summed E-state index contributed by atoms with van der Waals surface area (Å²) in [4.78, 5) is 10.6. The second-order valence-corrected chi connectivity index (χ2v) is 10.0. The van der Waals surface area contributed by atoms with Crippen LogP contribution < -0.4 is 0 Å². The highest BCUT2D eigenvalue weighted by Gasteiger charge is 2.26. The molecule has 0 amide bonds. The zero-order chi connectivity index (χ0) is 21.5. The third kappa shape index (κ3) is 3.75. The molecule has 3 aromatic carbocycles. The van der Waals surface area contributed by atoms with E-state index < -0.39 is 0 Å². The van der Waals surface area contributed by atoms with Crippen LogP contribution >= 0.6 is 0 Å². The van der Waals surface area contributed by atoms with E-state index in [0.29, 0.717) is 0 Å². The van der Waals surface area contributed by atoms with Crippen molar-refractivity contribution in [3.8, 4) is 22.5 Å². The predicted octanol–water partition coefficient (Wildman–Crippen LogP) is 7.56. The van der Waals surface area contributed by atoms with Gasteiger partial charge in [-0.3, -0.25) is 0 Å². The molecule has 0 saturated carbocycles. The molecule has 0 fully saturated rings. The average Bonchev–Trinajstić information content (AvgIpc) is 2.71. The Morgan fingerprint density at radius 2 is 0.800 bits per heavy atom. The molecule has 152 valence electrons. The maximum absolute atomic E-state index is 5.30. The molecule has 0 atom stereocenters. The molecule has 0 N–H and O–H groups in total. The number of hydrogen-bond acceptors (Lipinski definition) is 2. The quantitative estimate of drug-likeness (QED) is 0.350. The minimum Gasteiger partial charge on any atom is -0.244 e. The van der Waals surface area contributed by atoms with Crippen LogP contribution in [0.3, 0.4) is 0 Å². The number of benzene rings is 3. The van der Waals surface area contributed by atoms with Crippen LogP contribution in [0, 0.1) is 0 Å². The van der Waals surface area contributed by atoms with Gasteiger partial charge in [-0.25, -0.2) is 9.97 Å². The van der Waals surface area contributed by atoms with E-state index in [4.69, 9.17) is 9.97 Å². The number of hydrogen-bond donors (Lipinski definition) is 0. The lowest BCUT2D eigenvalue weighted by Crippen LogP contribution is -2.17. The lowest BCUT2D eigenvalue weighted by atomic mass is 9.80. The molecule has 2 heteroatoms. The molecule has 1 aromatic heterocycles. The summed E-state index contributed by atoms with van der Waals surface area (Å²) in [6.45, 7) is 13.5. The van der Waals surface area contributed by atoms with Gasteiger partial charge in [0.1, 0.15) is 0 Å². The van der Waals surface area contributed by atoms with Gasteiger partial charge in [0.25, 0.3) is 0 Å². The van der Waals surface area contributed by atoms with Gasteiger partial charge in [-0.2, -0.15) is 0 Å². The van der Waals surface area contributed by atoms with E-state index in [1.165, 1.54) is 11.1 Å². The molecular formula is C28H30N2. The van der Waals surface area contributed by atoms with Gasteiger partial charge in [-0.15, -0.1) is 0 Å². The first-order valence-corrected chi connectivity index (χ1v) is 10.6. The first-order chi connectivity index (χ1) is 14.2. The van der Waals surface area contributed by atoms with Crippen LogP contribution in [0.15, 0.2) is 72.8 Å². The zero-order valence-electron chi connectivity index (χ0n) is 18.8. The fourth-order valence-electron chi connectivity index (χ4n) is 3.94. The minimum absolute atomic E-state index is 0.0223. The summed E-state index contributed by atoms with van der Waals surface area (Å²) in [5.74, 6) is 0. The van der Waals surface area contributed by atoms with E-state index in [9.17, 15) is 0 Å². The van der Waals surface area contributed by atoms with Gasteiger partial charge in [0.2, 0.25) is 0 Å². The molecule has 0 spiro atoms. The molecular weight excluding hydrogens is 364 g/mol. The van der Waals surface area contributed by atoms with Crippen molar-refractivity contribution in [3.05, 3.63) is 83.9 Å². The Labute approximate surface area is 180 Å². The van der Waals surface area contributed by atoms with Gasteiger partial charge in [-0.05, 0) is 22.0 Å². The van der Waals surface area contributed by atoms with Crippen molar-refractivity contribution in [2.45, 2.75) is 52.4 Å². The van der Waals surface area contributed by atoms with Crippen molar-refractivity contribution < 1.29 is 0 Å². The lowest BCUT2D eigenvalue weighted by molar-refractivity contribution is 0.583. The Morgan fingerprint density at radius 1 is 0.467 bits per heavy atom. The van der Waals surface area contributed by atoms with Crippen LogP contribution in [0.5, 0.6) is 0 Å². The highest BCUT2D eigenvalue weighted by molar-refractivity contribution is 5.90. The number of aromatic nitrogens is 2. The van der Waals surface area contributed by atoms with Gasteiger partial charge in [0.05, 0.1) is 22.4 Å². The highest BCUT2D eigenvalue weighted by Crippen LogP contribution is 2.38. The Balaban J connectivity index is 2.16. The highest BCUT2D eigenvalue weighted by atomic mass is 14.8. The Hall–Kier alpha value is -3.00. The minimum atomic E-state index is -0.0223. The molecule has 0 unspecified atom stereocenters. The summed E-state index contributed by atoms with van der Waals surface area (Å²) in [6, 6.07) is 25.3. The lowest BCUT2D eigenvalue weighted by Gasteiger charge is -2.26. The van der Waals surface area contributed by atoms with Crippen LogP contribution in [-0.2, 0) is 10.8 Å². The molecule has 0 aliphatic carbocycles. The summed E-state index contributed by atoms with van der Waals surface area (Å²) in [5.41, 5.74) is 8.48. The first-order valence-electron chi connectivity index (χ1n) is 10.6. The number of nitrogens with zero attached hydrogens (tertiary/aromatic N) is 2. The SMILES string of the molecule is CC(C)(C)c1ccc(C(C)(C)C)c2nc(-c3ccccc3)c(-c3ccccc3)nc12. The fraction of sp³-hybridized carbons (Fsp3) is 0.286. The predicted molar refractivity (Wildman–Crippen MR) is 128 cm³/mol. The van der Waals surface area contributed by atoms with Gasteiger partial charge in [0, 0.05) is 11.1 Å². The summed E-state index contributed by atoms with van der Waals surface area (Å²) >= 11 is 0. The molecule has 4 rings (SSSR count). The van der Waals surface area contributed by atoms with Gasteiger partial charge < -0.3 is 0 Å². The Kier molecular flexibility index (Phi) is 4.97. The number of rotatable bonds is 2. The van der Waals surface area contributed by atoms with Gasteiger partial charge in [0.15, 0.2) is 0 Å². The van der Waals surface area contributed by atoms with Crippen LogP contribution in [-0.4, -0.2) is 9.97 Å². The molecule has 1 heterocycles. The molecule has 30 heavy (non-hydrogen) atoms. The molecule has 0 aliphatic rings. The fourth-order valence-corrected chi connectivity index (χ4v) is 3.94. The Morgan fingerprint density at radius 3 is 1.10 bits per heavy atom. The topological polar surface area (TPSA) is 25.8 Å². The van der Waals surface area contributed by atoms with Gasteiger partial charge >= 0.3 is 0 Å². The first kappa shape index (κ1) is 20.3. The largest absolute Gasteiger partial charge is 0.244 e. The van der Waals surface area contributed by atoms with Crippen LogP contribution in [0.1, 0.15) is 52.7 Å².